The van der Waals surface area contributed by atoms with Crippen LogP contribution in [0.5, 0.6) is 11.5 Å². The second-order valence-electron chi connectivity index (χ2n) is 4.11. The van der Waals surface area contributed by atoms with E-state index < -0.39 is 0 Å². The number of rotatable bonds is 3. The maximum Gasteiger partial charge on any atom is 0.162 e. The van der Waals surface area contributed by atoms with Crippen LogP contribution >= 0.6 is 11.6 Å². The predicted octanol–water partition coefficient (Wildman–Crippen LogP) is 2.03. The van der Waals surface area contributed by atoms with Gasteiger partial charge in [-0.3, -0.25) is 0 Å². The number of phenolic OH excluding ortho intramolecular Hbond substituents is 2. The molecule has 7 nitrogen and oxygen atoms in total. The predicted molar refractivity (Wildman–Crippen MR) is 73.8 cm³/mol. The first-order valence-corrected chi connectivity index (χ1v) is 6.11. The van der Waals surface area contributed by atoms with E-state index >= 15 is 0 Å². The molecular weight excluding hydrogens is 282 g/mol. The Bertz CT molecular complexity index is 774. The summed E-state index contributed by atoms with van der Waals surface area (Å²) in [6, 6.07) is 2.69. The van der Waals surface area contributed by atoms with Gasteiger partial charge in [-0.2, -0.15) is 0 Å². The summed E-state index contributed by atoms with van der Waals surface area (Å²) in [7, 11) is 0. The lowest BCUT2D eigenvalue weighted by atomic mass is 10.2. The van der Waals surface area contributed by atoms with E-state index in [2.05, 4.69) is 25.3 Å². The van der Waals surface area contributed by atoms with E-state index in [4.69, 9.17) is 11.6 Å². The van der Waals surface area contributed by atoms with Gasteiger partial charge in [-0.25, -0.2) is 15.0 Å². The van der Waals surface area contributed by atoms with Gasteiger partial charge in [0.05, 0.1) is 11.3 Å². The SMILES string of the molecule is Oc1cc(CNc2ncnc3[nH]cnc23)c(O)cc1Cl. The summed E-state index contributed by atoms with van der Waals surface area (Å²) >= 11 is 5.70. The van der Waals surface area contributed by atoms with E-state index in [1.165, 1.54) is 24.8 Å². The van der Waals surface area contributed by atoms with Gasteiger partial charge < -0.3 is 20.5 Å². The zero-order chi connectivity index (χ0) is 14.1. The first-order valence-electron chi connectivity index (χ1n) is 5.73. The minimum Gasteiger partial charge on any atom is -0.508 e. The Balaban J connectivity index is 1.86. The first-order chi connectivity index (χ1) is 9.65. The summed E-state index contributed by atoms with van der Waals surface area (Å²) < 4.78 is 0. The van der Waals surface area contributed by atoms with Gasteiger partial charge in [-0.1, -0.05) is 11.6 Å². The summed E-state index contributed by atoms with van der Waals surface area (Å²) in [5.74, 6) is 0.437. The van der Waals surface area contributed by atoms with Crippen LogP contribution in [0.25, 0.3) is 11.2 Å². The van der Waals surface area contributed by atoms with Crippen molar-refractivity contribution in [1.29, 1.82) is 0 Å². The van der Waals surface area contributed by atoms with Crippen LogP contribution in [0.3, 0.4) is 0 Å². The number of nitrogens with zero attached hydrogens (tertiary/aromatic N) is 3. The summed E-state index contributed by atoms with van der Waals surface area (Å²) in [4.78, 5) is 15.1. The Kier molecular flexibility index (Phi) is 3.03. The second-order valence-corrected chi connectivity index (χ2v) is 4.52. The van der Waals surface area contributed by atoms with Crippen molar-refractivity contribution in [3.63, 3.8) is 0 Å². The number of hydrogen-bond donors (Lipinski definition) is 4. The highest BCUT2D eigenvalue weighted by atomic mass is 35.5. The molecule has 0 saturated heterocycles. The molecule has 0 atom stereocenters. The minimum atomic E-state index is -0.0890. The molecule has 2 aromatic heterocycles. The molecule has 4 N–H and O–H groups in total. The molecule has 0 radical (unpaired) electrons. The van der Waals surface area contributed by atoms with Gasteiger partial charge in [0.2, 0.25) is 0 Å². The van der Waals surface area contributed by atoms with Gasteiger partial charge in [-0.15, -0.1) is 0 Å². The number of aromatic nitrogens is 4. The lowest BCUT2D eigenvalue weighted by molar-refractivity contribution is 0.455. The van der Waals surface area contributed by atoms with Gasteiger partial charge in [-0.05, 0) is 6.07 Å². The molecule has 2 heterocycles. The highest BCUT2D eigenvalue weighted by molar-refractivity contribution is 6.32. The van der Waals surface area contributed by atoms with Crippen molar-refractivity contribution in [3.8, 4) is 11.5 Å². The number of aromatic hydroxyl groups is 2. The number of hydrogen-bond acceptors (Lipinski definition) is 6. The molecule has 0 aliphatic rings. The molecule has 0 aliphatic carbocycles. The minimum absolute atomic E-state index is 0.00683. The van der Waals surface area contributed by atoms with E-state index in [9.17, 15) is 10.2 Å². The number of aromatic amines is 1. The summed E-state index contributed by atoms with van der Waals surface area (Å²) in [6.07, 6.45) is 2.93. The topological polar surface area (TPSA) is 107 Å². The lowest BCUT2D eigenvalue weighted by Crippen LogP contribution is -2.03. The number of halogens is 1. The third-order valence-corrected chi connectivity index (χ3v) is 3.11. The van der Waals surface area contributed by atoms with Crippen molar-refractivity contribution in [1.82, 2.24) is 19.9 Å². The average Bonchev–Trinajstić information content (AvgIpc) is 2.90. The highest BCUT2D eigenvalue weighted by Crippen LogP contribution is 2.31. The normalized spacial score (nSPS) is 10.8. The van der Waals surface area contributed by atoms with E-state index in [-0.39, 0.29) is 23.1 Å². The third kappa shape index (κ3) is 2.19. The van der Waals surface area contributed by atoms with Crippen molar-refractivity contribution in [2.24, 2.45) is 0 Å². The fourth-order valence-corrected chi connectivity index (χ4v) is 1.97. The van der Waals surface area contributed by atoms with Gasteiger partial charge in [0.25, 0.3) is 0 Å². The van der Waals surface area contributed by atoms with E-state index in [1.54, 1.807) is 0 Å². The maximum atomic E-state index is 9.78. The molecule has 0 amide bonds. The number of imidazole rings is 1. The number of anilines is 1. The molecular formula is C12H10ClN5O2. The van der Waals surface area contributed by atoms with Crippen molar-refractivity contribution < 1.29 is 10.2 Å². The fraction of sp³-hybridized carbons (Fsp3) is 0.0833. The monoisotopic (exact) mass is 291 g/mol. The number of benzene rings is 1. The average molecular weight is 292 g/mol. The van der Waals surface area contributed by atoms with Crippen molar-refractivity contribution in [2.75, 3.05) is 5.32 Å². The summed E-state index contributed by atoms with van der Waals surface area (Å²) in [5, 5.41) is 22.5. The van der Waals surface area contributed by atoms with Gasteiger partial charge >= 0.3 is 0 Å². The zero-order valence-electron chi connectivity index (χ0n) is 10.1. The zero-order valence-corrected chi connectivity index (χ0v) is 10.9. The van der Waals surface area contributed by atoms with Crippen LogP contribution < -0.4 is 5.32 Å². The Morgan fingerprint density at radius 3 is 2.85 bits per heavy atom. The first kappa shape index (κ1) is 12.5. The third-order valence-electron chi connectivity index (χ3n) is 2.81. The highest BCUT2D eigenvalue weighted by Gasteiger charge is 2.09. The maximum absolute atomic E-state index is 9.78. The quantitative estimate of drug-likeness (QED) is 0.550. The molecule has 0 saturated carbocycles. The second kappa shape index (κ2) is 4.86. The van der Waals surface area contributed by atoms with Crippen molar-refractivity contribution >= 4 is 28.6 Å². The van der Waals surface area contributed by atoms with Crippen LogP contribution in [0.1, 0.15) is 5.56 Å². The van der Waals surface area contributed by atoms with Crippen LogP contribution in [0.4, 0.5) is 5.82 Å². The Morgan fingerprint density at radius 1 is 1.15 bits per heavy atom. The molecule has 3 aromatic rings. The van der Waals surface area contributed by atoms with Crippen LogP contribution in [-0.2, 0) is 6.54 Å². The van der Waals surface area contributed by atoms with E-state index in [1.807, 2.05) is 0 Å². The number of nitrogens with one attached hydrogen (secondary N) is 2. The number of H-pyrrole nitrogens is 1. The molecule has 0 spiro atoms. The Labute approximate surface area is 118 Å². The lowest BCUT2D eigenvalue weighted by Gasteiger charge is -2.09. The number of fused-ring (bicyclic) bond motifs is 1. The fourth-order valence-electron chi connectivity index (χ4n) is 1.81. The van der Waals surface area contributed by atoms with Gasteiger partial charge in [0, 0.05) is 18.2 Å². The molecule has 102 valence electrons. The van der Waals surface area contributed by atoms with Crippen LogP contribution in [0.2, 0.25) is 5.02 Å². The van der Waals surface area contributed by atoms with E-state index in [0.29, 0.717) is 22.5 Å². The number of phenols is 2. The van der Waals surface area contributed by atoms with E-state index in [0.717, 1.165) is 0 Å². The standard InChI is InChI=1S/C12H10ClN5O2/c13-7-2-8(19)6(1-9(7)20)3-14-11-10-12(16-4-15-10)18-5-17-11/h1-2,4-5,19-20H,3H2,(H2,14,15,16,17,18). The van der Waals surface area contributed by atoms with Gasteiger partial charge in [0.1, 0.15) is 23.3 Å². The Morgan fingerprint density at radius 2 is 2.00 bits per heavy atom. The molecule has 0 bridgehead atoms. The molecule has 3 rings (SSSR count). The van der Waals surface area contributed by atoms with Crippen LogP contribution in [-0.4, -0.2) is 30.1 Å². The van der Waals surface area contributed by atoms with Crippen LogP contribution in [0.15, 0.2) is 24.8 Å². The molecule has 1 aromatic carbocycles. The van der Waals surface area contributed by atoms with Crippen molar-refractivity contribution in [2.45, 2.75) is 6.54 Å². The summed E-state index contributed by atoms with van der Waals surface area (Å²) in [6.45, 7) is 0.259. The Hall–Kier alpha value is -2.54. The van der Waals surface area contributed by atoms with Crippen LogP contribution in [0, 0.1) is 0 Å². The molecule has 8 heteroatoms. The summed E-state index contributed by atoms with van der Waals surface area (Å²) in [5.41, 5.74) is 1.71. The molecule has 0 unspecified atom stereocenters. The molecule has 0 aliphatic heterocycles. The molecule has 20 heavy (non-hydrogen) atoms. The van der Waals surface area contributed by atoms with Gasteiger partial charge in [0.15, 0.2) is 11.5 Å². The smallest absolute Gasteiger partial charge is 0.162 e. The largest absolute Gasteiger partial charge is 0.508 e. The van der Waals surface area contributed by atoms with Crippen molar-refractivity contribution in [3.05, 3.63) is 35.4 Å². The molecule has 0 fully saturated rings.